The fourth-order valence-electron chi connectivity index (χ4n) is 6.85. The lowest BCUT2D eigenvalue weighted by Crippen LogP contribution is -2.18. The van der Waals surface area contributed by atoms with Gasteiger partial charge >= 0.3 is 0 Å². The molecule has 0 radical (unpaired) electrons. The Labute approximate surface area is 336 Å². The maximum Gasteiger partial charge on any atom is 0.200 e. The molecule has 0 saturated carbocycles. The summed E-state index contributed by atoms with van der Waals surface area (Å²) in [6.45, 7) is 0. The number of benzene rings is 6. The molecular formula is C44H30F10N4O2. The van der Waals surface area contributed by atoms with E-state index >= 15 is 0 Å². The summed E-state index contributed by atoms with van der Waals surface area (Å²) in [5.41, 5.74) is 0.213. The smallest absolute Gasteiger partial charge is 0.200 e. The van der Waals surface area contributed by atoms with E-state index in [-0.39, 0.29) is 24.3 Å². The largest absolute Gasteiger partial charge is 0.497 e. The summed E-state index contributed by atoms with van der Waals surface area (Å²) in [7, 11) is 3.02. The van der Waals surface area contributed by atoms with Crippen molar-refractivity contribution in [2.24, 2.45) is 10.2 Å². The number of ether oxygens (including phenoxy) is 2. The molecule has 0 aliphatic carbocycles. The minimum absolute atomic E-state index is 0.0472. The van der Waals surface area contributed by atoms with Gasteiger partial charge in [0, 0.05) is 12.8 Å². The topological polar surface area (TPSA) is 49.7 Å². The molecule has 308 valence electrons. The molecular weight excluding hydrogens is 806 g/mol. The van der Waals surface area contributed by atoms with Gasteiger partial charge in [-0.1, -0.05) is 60.7 Å². The Morgan fingerprint density at radius 1 is 0.400 bits per heavy atom. The molecule has 6 aromatic rings. The minimum Gasteiger partial charge on any atom is -0.497 e. The van der Waals surface area contributed by atoms with E-state index in [0.717, 1.165) is 11.1 Å². The highest BCUT2D eigenvalue weighted by Crippen LogP contribution is 2.40. The van der Waals surface area contributed by atoms with Crippen molar-refractivity contribution in [3.05, 3.63) is 190 Å². The molecule has 2 aliphatic rings. The van der Waals surface area contributed by atoms with Crippen molar-refractivity contribution in [2.75, 3.05) is 24.2 Å². The lowest BCUT2D eigenvalue weighted by atomic mass is 9.97. The summed E-state index contributed by atoms with van der Waals surface area (Å²) in [4.78, 5) is 0. The molecule has 0 bridgehead atoms. The predicted molar refractivity (Wildman–Crippen MR) is 204 cm³/mol. The van der Waals surface area contributed by atoms with Crippen LogP contribution in [0, 0.1) is 58.2 Å². The van der Waals surface area contributed by atoms with Crippen molar-refractivity contribution in [2.45, 2.75) is 24.9 Å². The number of methoxy groups -OCH3 is 2. The zero-order valence-corrected chi connectivity index (χ0v) is 31.3. The van der Waals surface area contributed by atoms with Gasteiger partial charge in [-0.25, -0.2) is 43.9 Å². The van der Waals surface area contributed by atoms with Crippen molar-refractivity contribution < 1.29 is 53.4 Å². The third-order valence-electron chi connectivity index (χ3n) is 9.86. The summed E-state index contributed by atoms with van der Waals surface area (Å²) in [6, 6.07) is 30.5. The molecule has 2 aliphatic heterocycles. The van der Waals surface area contributed by atoms with Gasteiger partial charge in [-0.2, -0.15) is 10.2 Å². The van der Waals surface area contributed by atoms with E-state index in [1.807, 2.05) is 12.1 Å². The SMILES string of the molecule is COc1ccc(N2N=C(c3c(F)c(F)c(F)c(F)c3F)C[C@@H]2c2ccccc2)cc1.COc1ccc(N2N=C(c3c(F)c(F)c(F)c(F)c3F)C[C@H]2c2ccccc2)cc1. The van der Waals surface area contributed by atoms with Crippen LogP contribution in [0.25, 0.3) is 0 Å². The molecule has 0 saturated heterocycles. The first-order valence-electron chi connectivity index (χ1n) is 18.0. The highest BCUT2D eigenvalue weighted by atomic mass is 19.2. The van der Waals surface area contributed by atoms with Gasteiger partial charge in [0.1, 0.15) is 11.5 Å². The van der Waals surface area contributed by atoms with E-state index in [9.17, 15) is 43.9 Å². The molecule has 60 heavy (non-hydrogen) atoms. The van der Waals surface area contributed by atoms with Crippen molar-refractivity contribution in [1.82, 2.24) is 0 Å². The van der Waals surface area contributed by atoms with Crippen LogP contribution < -0.4 is 19.5 Å². The fraction of sp³-hybridized carbons (Fsp3) is 0.136. The number of hydrogen-bond acceptors (Lipinski definition) is 6. The molecule has 0 unspecified atom stereocenters. The Bertz CT molecular complexity index is 2360. The second-order valence-electron chi connectivity index (χ2n) is 13.3. The monoisotopic (exact) mass is 836 g/mol. The van der Waals surface area contributed by atoms with Gasteiger partial charge in [-0.05, 0) is 59.7 Å². The molecule has 0 amide bonds. The zero-order chi connectivity index (χ0) is 42.8. The molecule has 16 heteroatoms. The molecule has 0 N–H and O–H groups in total. The first-order chi connectivity index (χ1) is 28.8. The predicted octanol–water partition coefficient (Wildman–Crippen LogP) is 11.5. The lowest BCUT2D eigenvalue weighted by molar-refractivity contribution is 0.377. The number of hydrazone groups is 2. The van der Waals surface area contributed by atoms with Crippen LogP contribution in [0.5, 0.6) is 11.5 Å². The number of rotatable bonds is 8. The van der Waals surface area contributed by atoms with E-state index in [0.29, 0.717) is 22.9 Å². The van der Waals surface area contributed by atoms with Crippen LogP contribution in [0.15, 0.2) is 119 Å². The van der Waals surface area contributed by atoms with Crippen LogP contribution in [-0.2, 0) is 0 Å². The molecule has 2 heterocycles. The maximum atomic E-state index is 14.4. The normalized spacial score (nSPS) is 16.0. The maximum absolute atomic E-state index is 14.4. The molecule has 0 aromatic heterocycles. The van der Waals surface area contributed by atoms with Crippen molar-refractivity contribution in [3.63, 3.8) is 0 Å². The number of hydrogen-bond donors (Lipinski definition) is 0. The first-order valence-corrected chi connectivity index (χ1v) is 18.0. The van der Waals surface area contributed by atoms with Crippen molar-refractivity contribution >= 4 is 22.8 Å². The molecule has 6 aromatic carbocycles. The molecule has 0 spiro atoms. The number of halogens is 10. The van der Waals surface area contributed by atoms with Gasteiger partial charge in [0.05, 0.1) is 60.2 Å². The average Bonchev–Trinajstić information content (AvgIpc) is 3.93. The summed E-state index contributed by atoms with van der Waals surface area (Å²) < 4.78 is 150. The zero-order valence-electron chi connectivity index (χ0n) is 31.3. The van der Waals surface area contributed by atoms with E-state index in [2.05, 4.69) is 10.2 Å². The third kappa shape index (κ3) is 7.72. The highest BCUT2D eigenvalue weighted by molar-refractivity contribution is 6.04. The lowest BCUT2D eigenvalue weighted by Gasteiger charge is -2.24. The van der Waals surface area contributed by atoms with Crippen LogP contribution in [0.1, 0.15) is 47.2 Å². The average molecular weight is 837 g/mol. The van der Waals surface area contributed by atoms with Crippen LogP contribution >= 0.6 is 0 Å². The molecule has 0 fully saturated rings. The Hall–Kier alpha value is -6.84. The van der Waals surface area contributed by atoms with Gasteiger partial charge in [0.2, 0.25) is 11.6 Å². The van der Waals surface area contributed by atoms with Gasteiger partial charge in [-0.15, -0.1) is 0 Å². The minimum atomic E-state index is -2.20. The van der Waals surface area contributed by atoms with Gasteiger partial charge in [0.25, 0.3) is 0 Å². The van der Waals surface area contributed by atoms with Crippen LogP contribution in [0.4, 0.5) is 55.3 Å². The van der Waals surface area contributed by atoms with Crippen LogP contribution in [0.3, 0.4) is 0 Å². The van der Waals surface area contributed by atoms with Gasteiger partial charge in [-0.3, -0.25) is 10.0 Å². The standard InChI is InChI=1S/2C22H15F5N2O/c2*1-30-14-9-7-13(8-10-14)29-16(12-5-3-2-4-6-12)11-15(28-29)17-18(23)20(25)22(27)21(26)19(17)24/h2*2-10,16H,11H2,1H3/t2*16-/m10/s1. The summed E-state index contributed by atoms with van der Waals surface area (Å²) in [5.74, 6) is -18.8. The highest BCUT2D eigenvalue weighted by Gasteiger charge is 2.37. The van der Waals surface area contributed by atoms with Crippen LogP contribution in [0.2, 0.25) is 0 Å². The number of nitrogens with zero attached hydrogens (tertiary/aromatic N) is 4. The van der Waals surface area contributed by atoms with Crippen molar-refractivity contribution in [1.29, 1.82) is 0 Å². The first kappa shape index (κ1) is 41.3. The fourth-order valence-corrected chi connectivity index (χ4v) is 6.85. The molecule has 2 atom stereocenters. The van der Waals surface area contributed by atoms with E-state index in [1.165, 1.54) is 24.2 Å². The summed E-state index contributed by atoms with van der Waals surface area (Å²) in [6.07, 6.45) is -0.0945. The molecule has 6 nitrogen and oxygen atoms in total. The quantitative estimate of drug-likeness (QED) is 0.0871. The van der Waals surface area contributed by atoms with Crippen molar-refractivity contribution in [3.8, 4) is 11.5 Å². The second-order valence-corrected chi connectivity index (χ2v) is 13.3. The molecule has 8 rings (SSSR count). The van der Waals surface area contributed by atoms with E-state index < -0.39 is 81.4 Å². The van der Waals surface area contributed by atoms with E-state index in [4.69, 9.17) is 9.47 Å². The Balaban J connectivity index is 0.000000181. The Morgan fingerprint density at radius 2 is 0.683 bits per heavy atom. The van der Waals surface area contributed by atoms with Gasteiger partial charge < -0.3 is 9.47 Å². The number of anilines is 2. The Morgan fingerprint density at radius 3 is 0.967 bits per heavy atom. The Kier molecular flexibility index (Phi) is 11.8. The second kappa shape index (κ2) is 17.2. The summed E-state index contributed by atoms with van der Waals surface area (Å²) >= 11 is 0. The summed E-state index contributed by atoms with van der Waals surface area (Å²) in [5, 5.41) is 11.5. The van der Waals surface area contributed by atoms with Gasteiger partial charge in [0.15, 0.2) is 46.5 Å². The van der Waals surface area contributed by atoms with E-state index in [1.54, 1.807) is 97.1 Å². The third-order valence-corrected chi connectivity index (χ3v) is 9.86. The van der Waals surface area contributed by atoms with Crippen LogP contribution in [-0.4, -0.2) is 25.6 Å².